The minimum absolute atomic E-state index is 0.00191. The SMILES string of the molecule is CCOC(=O)C(C#N)=Cc1cccc(-c2ccccc2)c1.CCOC=O. The summed E-state index contributed by atoms with van der Waals surface area (Å²) in [4.78, 5) is 20.8. The molecule has 0 fully saturated rings. The Morgan fingerprint density at radius 1 is 1.04 bits per heavy atom. The van der Waals surface area contributed by atoms with Crippen LogP contribution < -0.4 is 0 Å². The van der Waals surface area contributed by atoms with Crippen molar-refractivity contribution in [3.8, 4) is 17.2 Å². The first-order chi connectivity index (χ1) is 12.7. The first kappa shape index (κ1) is 20.7. The van der Waals surface area contributed by atoms with E-state index in [4.69, 9.17) is 10.00 Å². The highest BCUT2D eigenvalue weighted by Gasteiger charge is 2.09. The summed E-state index contributed by atoms with van der Waals surface area (Å²) >= 11 is 0. The van der Waals surface area contributed by atoms with Gasteiger partial charge in [-0.1, -0.05) is 48.5 Å². The highest BCUT2D eigenvalue weighted by Crippen LogP contribution is 2.21. The van der Waals surface area contributed by atoms with Crippen LogP contribution in [0.3, 0.4) is 0 Å². The lowest BCUT2D eigenvalue weighted by molar-refractivity contribution is -0.138. The van der Waals surface area contributed by atoms with Crippen LogP contribution in [0.15, 0.2) is 60.2 Å². The van der Waals surface area contributed by atoms with Crippen molar-refractivity contribution in [2.75, 3.05) is 13.2 Å². The molecule has 0 N–H and O–H groups in total. The molecule has 2 aromatic rings. The maximum atomic E-state index is 11.6. The first-order valence-electron chi connectivity index (χ1n) is 8.15. The van der Waals surface area contributed by atoms with Crippen molar-refractivity contribution < 1.29 is 19.1 Å². The number of hydrogen-bond donors (Lipinski definition) is 0. The van der Waals surface area contributed by atoms with Crippen molar-refractivity contribution >= 4 is 18.5 Å². The summed E-state index contributed by atoms with van der Waals surface area (Å²) in [5.41, 5.74) is 2.91. The molecule has 2 rings (SSSR count). The molecule has 0 spiro atoms. The van der Waals surface area contributed by atoms with E-state index in [0.717, 1.165) is 16.7 Å². The van der Waals surface area contributed by atoms with E-state index in [0.29, 0.717) is 13.1 Å². The van der Waals surface area contributed by atoms with Crippen LogP contribution in [0.4, 0.5) is 0 Å². The maximum absolute atomic E-state index is 11.6. The fourth-order valence-electron chi connectivity index (χ4n) is 2.02. The van der Waals surface area contributed by atoms with Gasteiger partial charge in [0.25, 0.3) is 6.47 Å². The Hall–Kier alpha value is -3.39. The van der Waals surface area contributed by atoms with Gasteiger partial charge in [0.05, 0.1) is 13.2 Å². The normalized spacial score (nSPS) is 9.96. The first-order valence-corrected chi connectivity index (χ1v) is 8.15. The van der Waals surface area contributed by atoms with Crippen LogP contribution in [-0.2, 0) is 19.1 Å². The zero-order valence-electron chi connectivity index (χ0n) is 14.8. The number of nitrogens with zero attached hydrogens (tertiary/aromatic N) is 1. The zero-order chi connectivity index (χ0) is 19.2. The number of carbonyl (C=O) groups excluding carboxylic acids is 2. The van der Waals surface area contributed by atoms with Crippen LogP contribution in [0.25, 0.3) is 17.2 Å². The second-order valence-corrected chi connectivity index (χ2v) is 4.93. The summed E-state index contributed by atoms with van der Waals surface area (Å²) in [6, 6.07) is 19.5. The Bertz CT molecular complexity index is 776. The van der Waals surface area contributed by atoms with Gasteiger partial charge in [-0.15, -0.1) is 0 Å². The summed E-state index contributed by atoms with van der Waals surface area (Å²) < 4.78 is 9.01. The van der Waals surface area contributed by atoms with E-state index < -0.39 is 5.97 Å². The summed E-state index contributed by atoms with van der Waals surface area (Å²) in [7, 11) is 0. The maximum Gasteiger partial charge on any atom is 0.348 e. The lowest BCUT2D eigenvalue weighted by Gasteiger charge is -2.04. The summed E-state index contributed by atoms with van der Waals surface area (Å²) in [6.07, 6.45) is 1.55. The molecule has 0 radical (unpaired) electrons. The molecular formula is C21H21NO4. The second kappa shape index (κ2) is 12.0. The summed E-state index contributed by atoms with van der Waals surface area (Å²) in [5.74, 6) is -0.592. The third kappa shape index (κ3) is 7.02. The van der Waals surface area contributed by atoms with Crippen LogP contribution in [0.2, 0.25) is 0 Å². The van der Waals surface area contributed by atoms with Gasteiger partial charge in [0.1, 0.15) is 11.6 Å². The average molecular weight is 351 g/mol. The summed E-state index contributed by atoms with van der Waals surface area (Å²) in [5, 5.41) is 9.05. The quantitative estimate of drug-likeness (QED) is 0.340. The third-order valence-electron chi connectivity index (χ3n) is 3.16. The van der Waals surface area contributed by atoms with E-state index in [2.05, 4.69) is 4.74 Å². The number of nitriles is 1. The molecule has 0 amide bonds. The van der Waals surface area contributed by atoms with Crippen LogP contribution in [0.1, 0.15) is 19.4 Å². The van der Waals surface area contributed by atoms with Crippen LogP contribution >= 0.6 is 0 Å². The van der Waals surface area contributed by atoms with Crippen LogP contribution in [0, 0.1) is 11.3 Å². The van der Waals surface area contributed by atoms with E-state index in [9.17, 15) is 9.59 Å². The molecule has 0 bridgehead atoms. The van der Waals surface area contributed by atoms with Gasteiger partial charge in [-0.2, -0.15) is 5.26 Å². The molecule has 0 heterocycles. The molecule has 26 heavy (non-hydrogen) atoms. The third-order valence-corrected chi connectivity index (χ3v) is 3.16. The van der Waals surface area contributed by atoms with Gasteiger partial charge in [0.2, 0.25) is 0 Å². The molecule has 0 saturated carbocycles. The Morgan fingerprint density at radius 2 is 1.73 bits per heavy atom. The molecule has 134 valence electrons. The van der Waals surface area contributed by atoms with Crippen LogP contribution in [0.5, 0.6) is 0 Å². The zero-order valence-corrected chi connectivity index (χ0v) is 14.8. The van der Waals surface area contributed by atoms with Gasteiger partial charge in [-0.25, -0.2) is 4.79 Å². The molecule has 0 saturated heterocycles. The van der Waals surface area contributed by atoms with E-state index in [1.165, 1.54) is 0 Å². The van der Waals surface area contributed by atoms with Crippen LogP contribution in [-0.4, -0.2) is 25.7 Å². The molecule has 0 aliphatic heterocycles. The molecule has 0 atom stereocenters. The van der Waals surface area contributed by atoms with E-state index in [1.54, 1.807) is 19.9 Å². The Labute approximate surface area is 153 Å². The van der Waals surface area contributed by atoms with Crippen molar-refractivity contribution in [3.05, 3.63) is 65.7 Å². The molecule has 0 aliphatic carbocycles. The van der Waals surface area contributed by atoms with Gasteiger partial charge >= 0.3 is 5.97 Å². The van der Waals surface area contributed by atoms with Crippen molar-refractivity contribution in [1.29, 1.82) is 5.26 Å². The van der Waals surface area contributed by atoms with Crippen molar-refractivity contribution in [3.63, 3.8) is 0 Å². The predicted molar refractivity (Wildman–Crippen MR) is 99.8 cm³/mol. The minimum atomic E-state index is -0.592. The lowest BCUT2D eigenvalue weighted by Crippen LogP contribution is -2.05. The number of hydrogen-bond acceptors (Lipinski definition) is 5. The average Bonchev–Trinajstić information content (AvgIpc) is 2.68. The van der Waals surface area contributed by atoms with Gasteiger partial charge in [-0.3, -0.25) is 4.79 Å². The predicted octanol–water partition coefficient (Wildman–Crippen LogP) is 4.00. The van der Waals surface area contributed by atoms with Crippen molar-refractivity contribution in [2.45, 2.75) is 13.8 Å². The van der Waals surface area contributed by atoms with Crippen molar-refractivity contribution in [1.82, 2.24) is 0 Å². The minimum Gasteiger partial charge on any atom is -0.468 e. The highest BCUT2D eigenvalue weighted by atomic mass is 16.5. The fraction of sp³-hybridized carbons (Fsp3) is 0.190. The largest absolute Gasteiger partial charge is 0.468 e. The number of esters is 1. The molecule has 2 aromatic carbocycles. The monoisotopic (exact) mass is 351 g/mol. The van der Waals surface area contributed by atoms with Gasteiger partial charge in [0, 0.05) is 0 Å². The Morgan fingerprint density at radius 3 is 2.27 bits per heavy atom. The fourth-order valence-corrected chi connectivity index (χ4v) is 2.02. The highest BCUT2D eigenvalue weighted by molar-refractivity contribution is 5.98. The second-order valence-electron chi connectivity index (χ2n) is 4.93. The number of rotatable bonds is 6. The molecule has 0 unspecified atom stereocenters. The molecule has 5 nitrogen and oxygen atoms in total. The Kier molecular flexibility index (Phi) is 9.57. The smallest absolute Gasteiger partial charge is 0.348 e. The molecular weight excluding hydrogens is 330 g/mol. The van der Waals surface area contributed by atoms with Gasteiger partial charge in [-0.05, 0) is 42.7 Å². The lowest BCUT2D eigenvalue weighted by atomic mass is 10.0. The molecule has 5 heteroatoms. The Balaban J connectivity index is 0.000000597. The summed E-state index contributed by atoms with van der Waals surface area (Å²) in [6.45, 7) is 4.63. The molecule has 0 aliphatic rings. The topological polar surface area (TPSA) is 76.4 Å². The standard InChI is InChI=1S/C18H15NO2.C3H6O2/c1-2-21-18(20)17(13-19)12-14-7-6-10-16(11-14)15-8-4-3-5-9-15;1-2-5-3-4/h3-12H,2H2,1H3;3H,2H2,1H3. The van der Waals surface area contributed by atoms with Gasteiger partial charge < -0.3 is 9.47 Å². The molecule has 0 aromatic heterocycles. The van der Waals surface area contributed by atoms with E-state index in [-0.39, 0.29) is 12.2 Å². The number of carbonyl (C=O) groups is 2. The van der Waals surface area contributed by atoms with Crippen molar-refractivity contribution in [2.24, 2.45) is 0 Å². The van der Waals surface area contributed by atoms with E-state index in [1.807, 2.05) is 60.7 Å². The van der Waals surface area contributed by atoms with Gasteiger partial charge in [0.15, 0.2) is 0 Å². The number of benzene rings is 2. The number of ether oxygens (including phenoxy) is 2. The van der Waals surface area contributed by atoms with E-state index >= 15 is 0 Å².